The van der Waals surface area contributed by atoms with Crippen LogP contribution < -0.4 is 10.9 Å². The van der Waals surface area contributed by atoms with Gasteiger partial charge in [-0.05, 0) is 36.8 Å². The van der Waals surface area contributed by atoms with Gasteiger partial charge in [0, 0.05) is 48.7 Å². The van der Waals surface area contributed by atoms with Gasteiger partial charge in [0.1, 0.15) is 11.4 Å². The second-order valence-corrected chi connectivity index (χ2v) is 6.13. The molecule has 0 aliphatic rings. The van der Waals surface area contributed by atoms with Crippen molar-refractivity contribution in [2.75, 3.05) is 5.32 Å². The van der Waals surface area contributed by atoms with Gasteiger partial charge in [-0.2, -0.15) is 0 Å². The summed E-state index contributed by atoms with van der Waals surface area (Å²) >= 11 is 0. The van der Waals surface area contributed by atoms with Gasteiger partial charge in [-0.25, -0.2) is 9.37 Å². The molecule has 136 valence electrons. The summed E-state index contributed by atoms with van der Waals surface area (Å²) < 4.78 is 29.3. The Morgan fingerprint density at radius 1 is 1.26 bits per heavy atom. The van der Waals surface area contributed by atoms with E-state index in [1.165, 1.54) is 29.2 Å². The monoisotopic (exact) mass is 365 g/mol. The summed E-state index contributed by atoms with van der Waals surface area (Å²) in [6, 6.07) is 6.19. The van der Waals surface area contributed by atoms with Crippen LogP contribution in [0.4, 0.5) is 10.3 Å². The number of anilines is 1. The maximum absolute atomic E-state index is 14.4. The molecule has 1 atom stereocenters. The van der Waals surface area contributed by atoms with Crippen LogP contribution in [-0.2, 0) is 13.6 Å². The number of hydrogen-bond acceptors (Lipinski definition) is 5. The van der Waals surface area contributed by atoms with Crippen molar-refractivity contribution in [1.29, 1.82) is 0 Å². The Balaban J connectivity index is 1.72. The predicted octanol–water partition coefficient (Wildman–Crippen LogP) is 3.65. The zero-order chi connectivity index (χ0) is 19.8. The molecule has 0 radical (unpaired) electrons. The first-order valence-corrected chi connectivity index (χ1v) is 8.28. The van der Waals surface area contributed by atoms with Crippen LogP contribution in [0, 0.1) is 12.7 Å². The van der Waals surface area contributed by atoms with Gasteiger partial charge in [0.25, 0.3) is 5.56 Å². The number of halogens is 1. The molecule has 0 amide bonds. The van der Waals surface area contributed by atoms with Gasteiger partial charge >= 0.3 is 0 Å². The summed E-state index contributed by atoms with van der Waals surface area (Å²) in [6.45, 7) is 0.710. The van der Waals surface area contributed by atoms with Crippen LogP contribution in [0.1, 0.15) is 12.5 Å². The molecule has 1 aromatic carbocycles. The largest absolute Gasteiger partial charge is 0.464 e. The SMILES string of the molecule is [2H]C(Nc1ncc(-c2cnccc2C)c(=O)n1C)c1c(F)ccc2occc12. The van der Waals surface area contributed by atoms with Crippen molar-refractivity contribution in [3.8, 4) is 11.1 Å². The maximum Gasteiger partial charge on any atom is 0.262 e. The lowest BCUT2D eigenvalue weighted by Gasteiger charge is -2.13. The highest BCUT2D eigenvalue weighted by molar-refractivity contribution is 5.81. The molecule has 4 aromatic rings. The lowest BCUT2D eigenvalue weighted by molar-refractivity contribution is 0.603. The van der Waals surface area contributed by atoms with Gasteiger partial charge in [0.15, 0.2) is 0 Å². The summed E-state index contributed by atoms with van der Waals surface area (Å²) in [5.41, 5.74) is 2.33. The molecule has 0 aliphatic carbocycles. The van der Waals surface area contributed by atoms with Crippen molar-refractivity contribution in [2.45, 2.75) is 13.4 Å². The number of aryl methyl sites for hydroxylation is 1. The Morgan fingerprint density at radius 3 is 2.93 bits per heavy atom. The molecule has 0 aliphatic heterocycles. The fraction of sp³-hybridized carbons (Fsp3) is 0.150. The molecule has 0 bridgehead atoms. The van der Waals surface area contributed by atoms with Crippen LogP contribution in [0.3, 0.4) is 0 Å². The van der Waals surface area contributed by atoms with Gasteiger partial charge in [0.05, 0.1) is 13.2 Å². The van der Waals surface area contributed by atoms with Crippen molar-refractivity contribution in [3.05, 3.63) is 76.4 Å². The fourth-order valence-corrected chi connectivity index (χ4v) is 2.93. The molecule has 0 spiro atoms. The lowest BCUT2D eigenvalue weighted by atomic mass is 10.1. The molecule has 7 heteroatoms. The quantitative estimate of drug-likeness (QED) is 0.598. The second-order valence-electron chi connectivity index (χ2n) is 6.13. The Labute approximate surface area is 155 Å². The van der Waals surface area contributed by atoms with E-state index < -0.39 is 12.3 Å². The van der Waals surface area contributed by atoms with Crippen LogP contribution >= 0.6 is 0 Å². The standard InChI is InChI=1S/C20H17FN4O2/c1-12-5-7-22-9-14(12)16-11-24-20(25(2)19(16)26)23-10-15-13-6-8-27-18(13)4-3-17(15)21/h3-9,11H,10H2,1-2H3,(H,23,24)/i10D. The smallest absolute Gasteiger partial charge is 0.262 e. The van der Waals surface area contributed by atoms with Gasteiger partial charge < -0.3 is 9.73 Å². The van der Waals surface area contributed by atoms with E-state index in [2.05, 4.69) is 15.3 Å². The van der Waals surface area contributed by atoms with Gasteiger partial charge in [-0.15, -0.1) is 0 Å². The van der Waals surface area contributed by atoms with E-state index in [0.29, 0.717) is 22.1 Å². The maximum atomic E-state index is 14.4. The molecular formula is C20H17FN4O2. The van der Waals surface area contributed by atoms with Crippen LogP contribution in [0.25, 0.3) is 22.1 Å². The summed E-state index contributed by atoms with van der Waals surface area (Å²) in [4.78, 5) is 21.1. The van der Waals surface area contributed by atoms with Crippen LogP contribution in [0.2, 0.25) is 0 Å². The number of aromatic nitrogens is 3. The first kappa shape index (κ1) is 15.7. The minimum atomic E-state index is -1.18. The van der Waals surface area contributed by atoms with E-state index in [1.807, 2.05) is 13.0 Å². The molecule has 1 unspecified atom stereocenters. The third-order valence-electron chi connectivity index (χ3n) is 4.47. The van der Waals surface area contributed by atoms with E-state index in [4.69, 9.17) is 5.79 Å². The number of nitrogens with one attached hydrogen (secondary N) is 1. The molecule has 0 saturated carbocycles. The molecule has 1 N–H and O–H groups in total. The molecule has 3 aromatic heterocycles. The van der Waals surface area contributed by atoms with Gasteiger partial charge in [0.2, 0.25) is 5.95 Å². The summed E-state index contributed by atoms with van der Waals surface area (Å²) in [7, 11) is 1.55. The van der Waals surface area contributed by atoms with Crippen LogP contribution in [0.15, 0.2) is 58.3 Å². The fourth-order valence-electron chi connectivity index (χ4n) is 2.93. The van der Waals surface area contributed by atoms with Crippen LogP contribution in [0.5, 0.6) is 0 Å². The number of benzene rings is 1. The Hall–Kier alpha value is -3.48. The first-order valence-electron chi connectivity index (χ1n) is 8.86. The second kappa shape index (κ2) is 6.68. The lowest BCUT2D eigenvalue weighted by Crippen LogP contribution is -2.23. The zero-order valence-corrected chi connectivity index (χ0v) is 14.7. The first-order chi connectivity index (χ1) is 13.5. The predicted molar refractivity (Wildman–Crippen MR) is 101 cm³/mol. The average Bonchev–Trinajstić information content (AvgIpc) is 3.15. The third kappa shape index (κ3) is 2.97. The van der Waals surface area contributed by atoms with Crippen molar-refractivity contribution < 1.29 is 10.2 Å². The Bertz CT molecular complexity index is 1230. The number of pyridine rings is 1. The number of rotatable bonds is 4. The van der Waals surface area contributed by atoms with Crippen molar-refractivity contribution in [1.82, 2.24) is 14.5 Å². The molecule has 4 rings (SSSR count). The minimum absolute atomic E-state index is 0.132. The average molecular weight is 365 g/mol. The molecule has 0 saturated heterocycles. The highest BCUT2D eigenvalue weighted by Gasteiger charge is 2.13. The number of furan rings is 1. The molecule has 0 fully saturated rings. The summed E-state index contributed by atoms with van der Waals surface area (Å²) in [5.74, 6) is -0.371. The van der Waals surface area contributed by atoms with Crippen molar-refractivity contribution in [2.24, 2.45) is 7.05 Å². The van der Waals surface area contributed by atoms with E-state index in [-0.39, 0.29) is 17.1 Å². The highest BCUT2D eigenvalue weighted by atomic mass is 19.1. The number of fused-ring (bicyclic) bond motifs is 1. The normalized spacial score (nSPS) is 12.8. The van der Waals surface area contributed by atoms with Crippen LogP contribution in [-0.4, -0.2) is 14.5 Å². The molecule has 6 nitrogen and oxygen atoms in total. The van der Waals surface area contributed by atoms with Gasteiger partial charge in [-0.3, -0.25) is 14.3 Å². The third-order valence-corrected chi connectivity index (χ3v) is 4.47. The molecular weight excluding hydrogens is 347 g/mol. The minimum Gasteiger partial charge on any atom is -0.464 e. The number of hydrogen-bond donors (Lipinski definition) is 1. The molecule has 3 heterocycles. The summed E-state index contributed by atoms with van der Waals surface area (Å²) in [5, 5.41) is 3.30. The molecule has 27 heavy (non-hydrogen) atoms. The van der Waals surface area contributed by atoms with E-state index in [0.717, 1.165) is 5.56 Å². The van der Waals surface area contributed by atoms with E-state index in [1.54, 1.807) is 25.5 Å². The van der Waals surface area contributed by atoms with E-state index in [9.17, 15) is 9.18 Å². The topological polar surface area (TPSA) is 73.0 Å². The van der Waals surface area contributed by atoms with Crippen molar-refractivity contribution in [3.63, 3.8) is 0 Å². The number of nitrogens with zero attached hydrogens (tertiary/aromatic N) is 3. The highest BCUT2D eigenvalue weighted by Crippen LogP contribution is 2.24. The zero-order valence-electron chi connectivity index (χ0n) is 15.7. The Kier molecular flexibility index (Phi) is 3.90. The summed E-state index contributed by atoms with van der Waals surface area (Å²) in [6.07, 6.45) is 6.15. The Morgan fingerprint density at radius 2 is 2.11 bits per heavy atom. The van der Waals surface area contributed by atoms with E-state index >= 15 is 0 Å². The van der Waals surface area contributed by atoms with Gasteiger partial charge in [-0.1, -0.05) is 0 Å². The van der Waals surface area contributed by atoms with Crippen molar-refractivity contribution >= 4 is 16.9 Å².